The molecule has 0 fully saturated rings. The number of hydrogen-bond donors (Lipinski definition) is 1. The van der Waals surface area contributed by atoms with Gasteiger partial charge in [-0.3, -0.25) is 4.21 Å². The summed E-state index contributed by atoms with van der Waals surface area (Å²) in [6.07, 6.45) is 2.66. The van der Waals surface area contributed by atoms with Crippen LogP contribution in [0.25, 0.3) is 0 Å². The molecular weight excluding hydrogens is 308 g/mol. The molecule has 0 aromatic heterocycles. The molecule has 0 unspecified atom stereocenters. The molecule has 3 nitrogen and oxygen atoms in total. The molecule has 4 heteroatoms. The van der Waals surface area contributed by atoms with Gasteiger partial charge in [-0.1, -0.05) is 60.2 Å². The van der Waals surface area contributed by atoms with E-state index in [1.165, 1.54) is 0 Å². The van der Waals surface area contributed by atoms with Crippen LogP contribution in [-0.2, 0) is 22.1 Å². The average molecular weight is 330 g/mol. The highest BCUT2D eigenvalue weighted by molar-refractivity contribution is 7.85. The lowest BCUT2D eigenvalue weighted by Crippen LogP contribution is -2.14. The zero-order chi connectivity index (χ0) is 16.5. The van der Waals surface area contributed by atoms with Gasteiger partial charge in [-0.15, -0.1) is 0 Å². The maximum absolute atomic E-state index is 12.1. The maximum Gasteiger partial charge on any atom is 0.0840 e. The Kier molecular flexibility index (Phi) is 7.20. The summed E-state index contributed by atoms with van der Waals surface area (Å²) >= 11 is 0. The van der Waals surface area contributed by atoms with E-state index in [9.17, 15) is 9.32 Å². The fourth-order valence-corrected chi connectivity index (χ4v) is 3.08. The third kappa shape index (κ3) is 6.48. The van der Waals surface area contributed by atoms with Crippen LogP contribution in [0.4, 0.5) is 0 Å². The lowest BCUT2D eigenvalue weighted by molar-refractivity contribution is 0.147. The van der Waals surface area contributed by atoms with Crippen LogP contribution in [0.1, 0.15) is 11.1 Å². The molecule has 0 saturated carbocycles. The van der Waals surface area contributed by atoms with Crippen LogP contribution in [0.3, 0.4) is 0 Å². The van der Waals surface area contributed by atoms with Gasteiger partial charge < -0.3 is 9.84 Å². The van der Waals surface area contributed by atoms with E-state index in [0.717, 1.165) is 16.0 Å². The normalized spacial score (nSPS) is 14.0. The van der Waals surface area contributed by atoms with Crippen molar-refractivity contribution in [2.24, 2.45) is 0 Å². The van der Waals surface area contributed by atoms with E-state index in [2.05, 4.69) is 0 Å². The summed E-state index contributed by atoms with van der Waals surface area (Å²) in [7, 11) is -1.20. The van der Waals surface area contributed by atoms with Crippen molar-refractivity contribution in [3.8, 4) is 0 Å². The fraction of sp³-hybridized carbons (Fsp3) is 0.263. The SMILES string of the molecule is Cc1ccc([S@@](=O)C[C@@H](O)/C=C/COCc2ccccc2)cc1. The van der Waals surface area contributed by atoms with Gasteiger partial charge in [0, 0.05) is 4.90 Å². The van der Waals surface area contributed by atoms with Gasteiger partial charge in [0.2, 0.25) is 0 Å². The van der Waals surface area contributed by atoms with E-state index in [0.29, 0.717) is 13.2 Å². The smallest absolute Gasteiger partial charge is 0.0840 e. The number of aliphatic hydroxyl groups is 1. The van der Waals surface area contributed by atoms with Gasteiger partial charge in [0.25, 0.3) is 0 Å². The highest BCUT2D eigenvalue weighted by atomic mass is 32.2. The third-order valence-corrected chi connectivity index (χ3v) is 4.73. The average Bonchev–Trinajstić information content (AvgIpc) is 2.56. The standard InChI is InChI=1S/C19H22O3S/c1-16-9-11-19(12-10-16)23(21)15-18(20)8-5-13-22-14-17-6-3-2-4-7-17/h2-12,18,20H,13-15H2,1H3/b8-5+/t18-,23-/m0/s1. The predicted molar refractivity (Wildman–Crippen MR) is 93.7 cm³/mol. The van der Waals surface area contributed by atoms with Crippen molar-refractivity contribution in [1.82, 2.24) is 0 Å². The van der Waals surface area contributed by atoms with Crippen LogP contribution < -0.4 is 0 Å². The molecule has 0 aliphatic carbocycles. The molecule has 23 heavy (non-hydrogen) atoms. The third-order valence-electron chi connectivity index (χ3n) is 3.29. The minimum absolute atomic E-state index is 0.193. The Morgan fingerprint density at radius 3 is 2.52 bits per heavy atom. The first-order valence-electron chi connectivity index (χ1n) is 7.56. The molecule has 1 N–H and O–H groups in total. The van der Waals surface area contributed by atoms with Crippen molar-refractivity contribution >= 4 is 10.8 Å². The Morgan fingerprint density at radius 2 is 1.83 bits per heavy atom. The predicted octanol–water partition coefficient (Wildman–Crippen LogP) is 3.24. The molecule has 2 aromatic carbocycles. The Labute approximate surface area is 140 Å². The summed E-state index contributed by atoms with van der Waals surface area (Å²) < 4.78 is 17.6. The molecular formula is C19H22O3S. The van der Waals surface area contributed by atoms with Gasteiger partial charge >= 0.3 is 0 Å². The van der Waals surface area contributed by atoms with Crippen molar-refractivity contribution in [3.05, 3.63) is 77.9 Å². The van der Waals surface area contributed by atoms with Crippen LogP contribution in [0.15, 0.2) is 71.6 Å². The molecule has 2 atom stereocenters. The molecule has 0 radical (unpaired) electrons. The lowest BCUT2D eigenvalue weighted by Gasteiger charge is -2.06. The molecule has 122 valence electrons. The molecule has 0 aliphatic heterocycles. The van der Waals surface area contributed by atoms with E-state index < -0.39 is 16.9 Å². The van der Waals surface area contributed by atoms with Crippen molar-refractivity contribution < 1.29 is 14.1 Å². The first-order chi connectivity index (χ1) is 11.1. The van der Waals surface area contributed by atoms with Crippen molar-refractivity contribution in [3.63, 3.8) is 0 Å². The number of hydrogen-bond acceptors (Lipinski definition) is 3. The highest BCUT2D eigenvalue weighted by Gasteiger charge is 2.08. The van der Waals surface area contributed by atoms with Crippen LogP contribution in [0, 0.1) is 6.92 Å². The zero-order valence-corrected chi connectivity index (χ0v) is 14.0. The van der Waals surface area contributed by atoms with Crippen LogP contribution in [0.2, 0.25) is 0 Å². The second kappa shape index (κ2) is 9.40. The Bertz CT molecular complexity index is 635. The summed E-state index contributed by atoms with van der Waals surface area (Å²) in [4.78, 5) is 0.739. The molecule has 0 bridgehead atoms. The number of ether oxygens (including phenoxy) is 1. The first-order valence-corrected chi connectivity index (χ1v) is 8.88. The van der Waals surface area contributed by atoms with E-state index in [-0.39, 0.29) is 5.75 Å². The number of benzene rings is 2. The van der Waals surface area contributed by atoms with Gasteiger partial charge in [0.15, 0.2) is 0 Å². The maximum atomic E-state index is 12.1. The topological polar surface area (TPSA) is 46.5 Å². The van der Waals surface area contributed by atoms with Crippen molar-refractivity contribution in [2.75, 3.05) is 12.4 Å². The van der Waals surface area contributed by atoms with Gasteiger partial charge in [0.05, 0.1) is 35.9 Å². The van der Waals surface area contributed by atoms with Gasteiger partial charge in [0.1, 0.15) is 0 Å². The molecule has 0 heterocycles. The highest BCUT2D eigenvalue weighted by Crippen LogP contribution is 2.09. The summed E-state index contributed by atoms with van der Waals surface area (Å²) in [5.74, 6) is 0.193. The molecule has 0 aliphatic rings. The molecule has 0 saturated heterocycles. The largest absolute Gasteiger partial charge is 0.388 e. The molecule has 0 amide bonds. The lowest BCUT2D eigenvalue weighted by atomic mass is 10.2. The van der Waals surface area contributed by atoms with Crippen molar-refractivity contribution in [1.29, 1.82) is 0 Å². The van der Waals surface area contributed by atoms with E-state index in [1.807, 2.05) is 61.5 Å². The van der Waals surface area contributed by atoms with E-state index in [1.54, 1.807) is 12.2 Å². The molecule has 2 rings (SSSR count). The van der Waals surface area contributed by atoms with Crippen molar-refractivity contribution in [2.45, 2.75) is 24.5 Å². The van der Waals surface area contributed by atoms with E-state index in [4.69, 9.17) is 4.74 Å². The monoisotopic (exact) mass is 330 g/mol. The fourth-order valence-electron chi connectivity index (χ4n) is 2.03. The van der Waals surface area contributed by atoms with Crippen LogP contribution in [0.5, 0.6) is 0 Å². The molecule has 2 aromatic rings. The summed E-state index contributed by atoms with van der Waals surface area (Å²) in [5, 5.41) is 9.92. The van der Waals surface area contributed by atoms with Gasteiger partial charge in [-0.25, -0.2) is 0 Å². The Morgan fingerprint density at radius 1 is 1.13 bits per heavy atom. The number of rotatable bonds is 8. The summed E-state index contributed by atoms with van der Waals surface area (Å²) in [5.41, 5.74) is 2.24. The van der Waals surface area contributed by atoms with Crippen LogP contribution >= 0.6 is 0 Å². The summed E-state index contributed by atoms with van der Waals surface area (Å²) in [6, 6.07) is 17.4. The second-order valence-corrected chi connectivity index (χ2v) is 6.82. The van der Waals surface area contributed by atoms with Crippen LogP contribution in [-0.4, -0.2) is 27.8 Å². The van der Waals surface area contributed by atoms with Gasteiger partial charge in [-0.05, 0) is 24.6 Å². The van der Waals surface area contributed by atoms with E-state index >= 15 is 0 Å². The van der Waals surface area contributed by atoms with Gasteiger partial charge in [-0.2, -0.15) is 0 Å². The minimum atomic E-state index is -1.20. The summed E-state index contributed by atoms with van der Waals surface area (Å²) in [6.45, 7) is 2.94. The molecule has 0 spiro atoms. The Hall–Kier alpha value is -1.75. The zero-order valence-electron chi connectivity index (χ0n) is 13.2. The quantitative estimate of drug-likeness (QED) is 0.597. The first kappa shape index (κ1) is 17.6. The second-order valence-electron chi connectivity index (χ2n) is 5.32. The Balaban J connectivity index is 1.70. The number of aliphatic hydroxyl groups excluding tert-OH is 1. The minimum Gasteiger partial charge on any atom is -0.388 e. The number of aryl methyl sites for hydroxylation is 1.